The van der Waals surface area contributed by atoms with E-state index >= 15 is 0 Å². The van der Waals surface area contributed by atoms with Crippen molar-refractivity contribution in [1.29, 1.82) is 0 Å². The van der Waals surface area contributed by atoms with E-state index < -0.39 is 0 Å². The molecule has 2 heteroatoms. The van der Waals surface area contributed by atoms with E-state index in [1.54, 1.807) is 0 Å². The fourth-order valence-corrected chi connectivity index (χ4v) is 2.36. The Bertz CT molecular complexity index is 388. The minimum Gasteiger partial charge on any atom is -0.378 e. The van der Waals surface area contributed by atoms with E-state index in [0.29, 0.717) is 12.3 Å². The summed E-state index contributed by atoms with van der Waals surface area (Å²) in [5, 5.41) is 0. The Labute approximate surface area is 109 Å². The molecule has 0 saturated carbocycles. The lowest BCUT2D eigenvalue weighted by atomic mass is 9.96. The van der Waals surface area contributed by atoms with Gasteiger partial charge in [0.2, 0.25) is 0 Å². The lowest BCUT2D eigenvalue weighted by Gasteiger charge is -2.11. The minimum atomic E-state index is 0.145. The van der Waals surface area contributed by atoms with Crippen LogP contribution in [-0.4, -0.2) is 18.5 Å². The van der Waals surface area contributed by atoms with Gasteiger partial charge in [0.25, 0.3) is 0 Å². The first kappa shape index (κ1) is 13.3. The number of hydrogen-bond acceptors (Lipinski definition) is 2. The molecule has 0 N–H and O–H groups in total. The number of hydrogen-bond donors (Lipinski definition) is 0. The highest BCUT2D eigenvalue weighted by Crippen LogP contribution is 2.21. The molecule has 0 aliphatic carbocycles. The second-order valence-corrected chi connectivity index (χ2v) is 5.19. The monoisotopic (exact) mass is 246 g/mol. The van der Waals surface area contributed by atoms with Crippen molar-refractivity contribution in [2.24, 2.45) is 0 Å². The second kappa shape index (κ2) is 6.14. The predicted molar refractivity (Wildman–Crippen MR) is 73.1 cm³/mol. The summed E-state index contributed by atoms with van der Waals surface area (Å²) in [5.74, 6) is 0.768. The van der Waals surface area contributed by atoms with Gasteiger partial charge >= 0.3 is 0 Å². The van der Waals surface area contributed by atoms with Crippen molar-refractivity contribution in [3.63, 3.8) is 0 Å². The molecule has 18 heavy (non-hydrogen) atoms. The molecule has 1 fully saturated rings. The van der Waals surface area contributed by atoms with Crippen LogP contribution in [0.4, 0.5) is 0 Å². The quantitative estimate of drug-likeness (QED) is 0.735. The largest absolute Gasteiger partial charge is 0.378 e. The highest BCUT2D eigenvalue weighted by atomic mass is 16.5. The van der Waals surface area contributed by atoms with E-state index in [0.717, 1.165) is 31.4 Å². The maximum atomic E-state index is 12.1. The zero-order valence-corrected chi connectivity index (χ0v) is 11.3. The van der Waals surface area contributed by atoms with Crippen LogP contribution in [-0.2, 0) is 4.74 Å². The standard InChI is InChI=1S/C16H22O2/c1-3-12(2)13-6-8-14(9-7-13)16(17)11-15-5-4-10-18-15/h6-9,12,15H,3-5,10-11H2,1-2H3. The third-order valence-electron chi connectivity index (χ3n) is 3.85. The van der Waals surface area contributed by atoms with Crippen molar-refractivity contribution in [3.05, 3.63) is 35.4 Å². The van der Waals surface area contributed by atoms with Crippen molar-refractivity contribution in [2.45, 2.75) is 51.6 Å². The molecule has 0 spiro atoms. The Balaban J connectivity index is 1.97. The van der Waals surface area contributed by atoms with Gasteiger partial charge in [-0.2, -0.15) is 0 Å². The molecular weight excluding hydrogens is 224 g/mol. The molecule has 98 valence electrons. The molecule has 2 rings (SSSR count). The molecule has 0 bridgehead atoms. The summed E-state index contributed by atoms with van der Waals surface area (Å²) < 4.78 is 5.50. The van der Waals surface area contributed by atoms with E-state index in [-0.39, 0.29) is 11.9 Å². The summed E-state index contributed by atoms with van der Waals surface area (Å²) >= 11 is 0. The van der Waals surface area contributed by atoms with Crippen LogP contribution < -0.4 is 0 Å². The van der Waals surface area contributed by atoms with Gasteiger partial charge in [-0.3, -0.25) is 4.79 Å². The average molecular weight is 246 g/mol. The topological polar surface area (TPSA) is 26.3 Å². The lowest BCUT2D eigenvalue weighted by molar-refractivity contribution is 0.0775. The molecule has 0 amide bonds. The van der Waals surface area contributed by atoms with E-state index in [1.165, 1.54) is 5.56 Å². The molecule has 1 aliphatic rings. The Morgan fingerprint density at radius 3 is 2.67 bits per heavy atom. The van der Waals surface area contributed by atoms with Crippen molar-refractivity contribution >= 4 is 5.78 Å². The van der Waals surface area contributed by atoms with Crippen LogP contribution in [0.5, 0.6) is 0 Å². The van der Waals surface area contributed by atoms with Crippen LogP contribution in [0, 0.1) is 0 Å². The van der Waals surface area contributed by atoms with Gasteiger partial charge in [-0.1, -0.05) is 38.1 Å². The van der Waals surface area contributed by atoms with Crippen LogP contribution >= 0.6 is 0 Å². The average Bonchev–Trinajstić information content (AvgIpc) is 2.91. The van der Waals surface area contributed by atoms with Gasteiger partial charge in [0.15, 0.2) is 5.78 Å². The fraction of sp³-hybridized carbons (Fsp3) is 0.562. The van der Waals surface area contributed by atoms with Crippen LogP contribution in [0.3, 0.4) is 0 Å². The summed E-state index contributed by atoms with van der Waals surface area (Å²) in [4.78, 5) is 12.1. The number of Topliss-reactive ketones (excluding diaryl/α,β-unsaturated/α-hetero) is 1. The molecule has 1 aliphatic heterocycles. The molecular formula is C16H22O2. The van der Waals surface area contributed by atoms with Crippen LogP contribution in [0.25, 0.3) is 0 Å². The van der Waals surface area contributed by atoms with E-state index in [4.69, 9.17) is 4.74 Å². The number of rotatable bonds is 5. The van der Waals surface area contributed by atoms with Crippen molar-refractivity contribution in [3.8, 4) is 0 Å². The van der Waals surface area contributed by atoms with Gasteiger partial charge in [-0.15, -0.1) is 0 Å². The smallest absolute Gasteiger partial charge is 0.165 e. The van der Waals surface area contributed by atoms with Crippen LogP contribution in [0.15, 0.2) is 24.3 Å². The van der Waals surface area contributed by atoms with Crippen molar-refractivity contribution in [2.75, 3.05) is 6.61 Å². The fourth-order valence-electron chi connectivity index (χ4n) is 2.36. The highest BCUT2D eigenvalue weighted by molar-refractivity contribution is 5.96. The van der Waals surface area contributed by atoms with E-state index in [9.17, 15) is 4.79 Å². The molecule has 0 radical (unpaired) electrons. The Kier molecular flexibility index (Phi) is 4.54. The van der Waals surface area contributed by atoms with Gasteiger partial charge in [0, 0.05) is 18.6 Å². The predicted octanol–water partition coefficient (Wildman–Crippen LogP) is 3.95. The lowest BCUT2D eigenvalue weighted by Crippen LogP contribution is -2.12. The number of ketones is 1. The van der Waals surface area contributed by atoms with Crippen LogP contribution in [0.2, 0.25) is 0 Å². The van der Waals surface area contributed by atoms with Crippen molar-refractivity contribution < 1.29 is 9.53 Å². The SMILES string of the molecule is CCC(C)c1ccc(C(=O)CC2CCCO2)cc1. The third kappa shape index (κ3) is 3.20. The molecule has 2 unspecified atom stereocenters. The van der Waals surface area contributed by atoms with Gasteiger partial charge in [-0.25, -0.2) is 0 Å². The Morgan fingerprint density at radius 2 is 2.11 bits per heavy atom. The Hall–Kier alpha value is -1.15. The molecule has 1 heterocycles. The summed E-state index contributed by atoms with van der Waals surface area (Å²) in [7, 11) is 0. The maximum absolute atomic E-state index is 12.1. The Morgan fingerprint density at radius 1 is 1.39 bits per heavy atom. The zero-order chi connectivity index (χ0) is 13.0. The third-order valence-corrected chi connectivity index (χ3v) is 3.85. The first-order chi connectivity index (χ1) is 8.70. The number of benzene rings is 1. The maximum Gasteiger partial charge on any atom is 0.165 e. The van der Waals surface area contributed by atoms with Crippen molar-refractivity contribution in [1.82, 2.24) is 0 Å². The van der Waals surface area contributed by atoms with E-state index in [1.807, 2.05) is 12.1 Å². The molecule has 2 nitrogen and oxygen atoms in total. The molecule has 1 saturated heterocycles. The number of ether oxygens (including phenoxy) is 1. The first-order valence-corrected chi connectivity index (χ1v) is 6.95. The van der Waals surface area contributed by atoms with Crippen LogP contribution in [0.1, 0.15) is 61.4 Å². The molecule has 1 aromatic carbocycles. The summed E-state index contributed by atoms with van der Waals surface area (Å²) in [6.07, 6.45) is 3.92. The van der Waals surface area contributed by atoms with E-state index in [2.05, 4.69) is 26.0 Å². The summed E-state index contributed by atoms with van der Waals surface area (Å²) in [6, 6.07) is 8.07. The van der Waals surface area contributed by atoms with Gasteiger partial charge in [0.05, 0.1) is 6.10 Å². The zero-order valence-electron chi connectivity index (χ0n) is 11.3. The minimum absolute atomic E-state index is 0.145. The molecule has 0 aromatic heterocycles. The van der Waals surface area contributed by atoms with Gasteiger partial charge < -0.3 is 4.74 Å². The second-order valence-electron chi connectivity index (χ2n) is 5.19. The normalized spacial score (nSPS) is 20.9. The first-order valence-electron chi connectivity index (χ1n) is 6.95. The summed E-state index contributed by atoms with van der Waals surface area (Å²) in [5.41, 5.74) is 2.13. The molecule has 2 atom stereocenters. The van der Waals surface area contributed by atoms with Gasteiger partial charge in [0.1, 0.15) is 0 Å². The molecule has 1 aromatic rings. The number of carbonyl (C=O) groups excluding carboxylic acids is 1. The highest BCUT2D eigenvalue weighted by Gasteiger charge is 2.19. The summed E-state index contributed by atoms with van der Waals surface area (Å²) in [6.45, 7) is 5.20. The van der Waals surface area contributed by atoms with Gasteiger partial charge in [-0.05, 0) is 30.7 Å². The number of carbonyl (C=O) groups is 1.